The van der Waals surface area contributed by atoms with Crippen LogP contribution in [0.15, 0.2) is 58.5 Å². The molecule has 0 aliphatic heterocycles. The number of amides is 1. The first-order chi connectivity index (χ1) is 11.8. The van der Waals surface area contributed by atoms with E-state index in [1.807, 2.05) is 23.6 Å². The molecule has 1 N–H and O–H groups in total. The van der Waals surface area contributed by atoms with Gasteiger partial charge in [0.25, 0.3) is 0 Å². The van der Waals surface area contributed by atoms with Crippen LogP contribution < -0.4 is 5.32 Å². The van der Waals surface area contributed by atoms with E-state index in [9.17, 15) is 4.79 Å². The first-order valence-electron chi connectivity index (χ1n) is 8.09. The standard InChI is InChI=1S/C19H18N2O2S/c22-18(10-15-12-23-19(21-15)17-7-4-8-24-17)20-11-14-9-16(14)13-5-2-1-3-6-13/h1-8,12,14,16H,9-11H2,(H,20,22). The number of carbonyl (C=O) groups is 1. The second-order valence-electron chi connectivity index (χ2n) is 6.12. The highest BCUT2D eigenvalue weighted by molar-refractivity contribution is 7.13. The Balaban J connectivity index is 1.26. The molecule has 3 aromatic rings. The van der Waals surface area contributed by atoms with Gasteiger partial charge in [0.2, 0.25) is 11.8 Å². The molecule has 1 aliphatic rings. The van der Waals surface area contributed by atoms with E-state index < -0.39 is 0 Å². The van der Waals surface area contributed by atoms with Crippen LogP contribution in [0.4, 0.5) is 0 Å². The van der Waals surface area contributed by atoms with E-state index in [-0.39, 0.29) is 12.3 Å². The van der Waals surface area contributed by atoms with Gasteiger partial charge in [-0.15, -0.1) is 11.3 Å². The van der Waals surface area contributed by atoms with Gasteiger partial charge in [0.1, 0.15) is 6.26 Å². The van der Waals surface area contributed by atoms with Gasteiger partial charge < -0.3 is 9.73 Å². The average molecular weight is 338 g/mol. The van der Waals surface area contributed by atoms with Crippen molar-refractivity contribution >= 4 is 17.2 Å². The van der Waals surface area contributed by atoms with Gasteiger partial charge in [0.15, 0.2) is 0 Å². The monoisotopic (exact) mass is 338 g/mol. The zero-order valence-electron chi connectivity index (χ0n) is 13.1. The lowest BCUT2D eigenvalue weighted by Gasteiger charge is -2.03. The maximum Gasteiger partial charge on any atom is 0.236 e. The maximum atomic E-state index is 12.1. The van der Waals surface area contributed by atoms with E-state index in [0.717, 1.165) is 17.8 Å². The summed E-state index contributed by atoms with van der Waals surface area (Å²) in [5.74, 6) is 1.72. The van der Waals surface area contributed by atoms with Crippen LogP contribution in [0.2, 0.25) is 0 Å². The minimum atomic E-state index is -0.000240. The summed E-state index contributed by atoms with van der Waals surface area (Å²) in [4.78, 5) is 17.5. The van der Waals surface area contributed by atoms with Crippen LogP contribution in [0.25, 0.3) is 10.8 Å². The summed E-state index contributed by atoms with van der Waals surface area (Å²) < 4.78 is 5.44. The minimum Gasteiger partial charge on any atom is -0.444 e. The zero-order valence-corrected chi connectivity index (χ0v) is 14.0. The zero-order chi connectivity index (χ0) is 16.4. The van der Waals surface area contributed by atoms with Gasteiger partial charge in [-0.25, -0.2) is 4.98 Å². The van der Waals surface area contributed by atoms with Crippen LogP contribution in [0.1, 0.15) is 23.6 Å². The second-order valence-corrected chi connectivity index (χ2v) is 7.06. The van der Waals surface area contributed by atoms with Crippen molar-refractivity contribution in [1.82, 2.24) is 10.3 Å². The molecule has 5 heteroatoms. The molecule has 1 amide bonds. The topological polar surface area (TPSA) is 55.1 Å². The van der Waals surface area contributed by atoms with Crippen molar-refractivity contribution in [2.24, 2.45) is 5.92 Å². The number of nitrogens with zero attached hydrogens (tertiary/aromatic N) is 1. The Morgan fingerprint density at radius 3 is 2.92 bits per heavy atom. The third-order valence-electron chi connectivity index (χ3n) is 4.34. The highest BCUT2D eigenvalue weighted by Gasteiger charge is 2.37. The summed E-state index contributed by atoms with van der Waals surface area (Å²) >= 11 is 1.57. The fourth-order valence-corrected chi connectivity index (χ4v) is 3.61. The van der Waals surface area contributed by atoms with Gasteiger partial charge in [-0.2, -0.15) is 0 Å². The van der Waals surface area contributed by atoms with Crippen LogP contribution in [-0.2, 0) is 11.2 Å². The van der Waals surface area contributed by atoms with Gasteiger partial charge >= 0.3 is 0 Å². The van der Waals surface area contributed by atoms with E-state index in [4.69, 9.17) is 4.42 Å². The Hall–Kier alpha value is -2.40. The maximum absolute atomic E-state index is 12.1. The number of benzene rings is 1. The molecule has 1 saturated carbocycles. The summed E-state index contributed by atoms with van der Waals surface area (Å²) in [6, 6.07) is 14.4. The number of rotatable bonds is 6. The molecule has 1 aromatic carbocycles. The molecule has 2 unspecified atom stereocenters. The van der Waals surface area contributed by atoms with Gasteiger partial charge in [-0.3, -0.25) is 4.79 Å². The van der Waals surface area contributed by atoms with Gasteiger partial charge in [-0.1, -0.05) is 36.4 Å². The first-order valence-corrected chi connectivity index (χ1v) is 8.97. The quantitative estimate of drug-likeness (QED) is 0.742. The smallest absolute Gasteiger partial charge is 0.236 e. The minimum absolute atomic E-state index is 0.000240. The molecule has 0 spiro atoms. The fraction of sp³-hybridized carbons (Fsp3) is 0.263. The van der Waals surface area contributed by atoms with Crippen molar-refractivity contribution in [3.8, 4) is 10.8 Å². The van der Waals surface area contributed by atoms with Crippen LogP contribution in [0.3, 0.4) is 0 Å². The lowest BCUT2D eigenvalue weighted by Crippen LogP contribution is -2.27. The van der Waals surface area contributed by atoms with Crippen molar-refractivity contribution < 1.29 is 9.21 Å². The number of hydrogen-bond acceptors (Lipinski definition) is 4. The molecule has 24 heavy (non-hydrogen) atoms. The summed E-state index contributed by atoms with van der Waals surface area (Å²) in [5, 5.41) is 5.00. The third-order valence-corrected chi connectivity index (χ3v) is 5.19. The summed E-state index contributed by atoms with van der Waals surface area (Å²) in [7, 11) is 0. The Kier molecular flexibility index (Phi) is 4.17. The molecular weight excluding hydrogens is 320 g/mol. The molecule has 4 rings (SSSR count). The molecule has 1 fully saturated rings. The van der Waals surface area contributed by atoms with E-state index in [0.29, 0.717) is 23.4 Å². The average Bonchev–Trinajstić information content (AvgIpc) is 2.99. The first kappa shape index (κ1) is 15.1. The molecular formula is C19H18N2O2S. The highest BCUT2D eigenvalue weighted by atomic mass is 32.1. The number of hydrogen-bond donors (Lipinski definition) is 1. The number of carbonyl (C=O) groups excluding carboxylic acids is 1. The number of thiophene rings is 1. The van der Waals surface area contributed by atoms with Crippen molar-refractivity contribution in [3.05, 3.63) is 65.4 Å². The molecule has 122 valence electrons. The number of nitrogens with one attached hydrogen (secondary N) is 1. The van der Waals surface area contributed by atoms with Crippen LogP contribution in [0.5, 0.6) is 0 Å². The summed E-state index contributed by atoms with van der Waals surface area (Å²) in [6.45, 7) is 0.730. The van der Waals surface area contributed by atoms with Gasteiger partial charge in [0, 0.05) is 6.54 Å². The highest BCUT2D eigenvalue weighted by Crippen LogP contribution is 2.46. The Morgan fingerprint density at radius 1 is 1.25 bits per heavy atom. The molecule has 0 bridgehead atoms. The van der Waals surface area contributed by atoms with Crippen molar-refractivity contribution in [2.75, 3.05) is 6.54 Å². The predicted molar refractivity (Wildman–Crippen MR) is 93.8 cm³/mol. The van der Waals surface area contributed by atoms with Gasteiger partial charge in [-0.05, 0) is 35.3 Å². The van der Waals surface area contributed by atoms with Crippen LogP contribution >= 0.6 is 11.3 Å². The van der Waals surface area contributed by atoms with E-state index in [1.165, 1.54) is 5.56 Å². The normalized spacial score (nSPS) is 19.2. The van der Waals surface area contributed by atoms with Crippen molar-refractivity contribution in [3.63, 3.8) is 0 Å². The second kappa shape index (κ2) is 6.61. The Bertz CT molecular complexity index is 811. The van der Waals surface area contributed by atoms with Gasteiger partial charge in [0.05, 0.1) is 17.0 Å². The van der Waals surface area contributed by atoms with E-state index in [2.05, 4.69) is 34.6 Å². The lowest BCUT2D eigenvalue weighted by atomic mass is 10.1. The summed E-state index contributed by atoms with van der Waals surface area (Å²) in [5.41, 5.74) is 2.04. The lowest BCUT2D eigenvalue weighted by molar-refractivity contribution is -0.120. The SMILES string of the molecule is O=C(Cc1coc(-c2cccs2)n1)NCC1CC1c1ccccc1. The predicted octanol–water partition coefficient (Wildman–Crippen LogP) is 3.87. The van der Waals surface area contributed by atoms with E-state index in [1.54, 1.807) is 17.6 Å². The molecule has 2 atom stereocenters. The van der Waals surface area contributed by atoms with E-state index >= 15 is 0 Å². The van der Waals surface area contributed by atoms with Crippen molar-refractivity contribution in [1.29, 1.82) is 0 Å². The molecule has 2 aromatic heterocycles. The van der Waals surface area contributed by atoms with Crippen LogP contribution in [-0.4, -0.2) is 17.4 Å². The largest absolute Gasteiger partial charge is 0.444 e. The molecule has 1 aliphatic carbocycles. The molecule has 2 heterocycles. The molecule has 0 radical (unpaired) electrons. The Morgan fingerprint density at radius 2 is 2.12 bits per heavy atom. The Labute approximate surface area is 144 Å². The fourth-order valence-electron chi connectivity index (χ4n) is 2.96. The molecule has 0 saturated heterocycles. The van der Waals surface area contributed by atoms with Crippen LogP contribution in [0, 0.1) is 5.92 Å². The third kappa shape index (κ3) is 3.41. The number of aromatic nitrogens is 1. The number of oxazole rings is 1. The summed E-state index contributed by atoms with van der Waals surface area (Å²) in [6.07, 6.45) is 2.98. The van der Waals surface area contributed by atoms with Crippen molar-refractivity contribution in [2.45, 2.75) is 18.8 Å². The molecule has 4 nitrogen and oxygen atoms in total.